The van der Waals surface area contributed by atoms with E-state index in [1.807, 2.05) is 36.7 Å². The Morgan fingerprint density at radius 3 is 2.52 bits per heavy atom. The van der Waals surface area contributed by atoms with Gasteiger partial charge in [0.15, 0.2) is 0 Å². The van der Waals surface area contributed by atoms with E-state index in [2.05, 4.69) is 15.6 Å². The van der Waals surface area contributed by atoms with Crippen LogP contribution in [0.5, 0.6) is 5.75 Å². The van der Waals surface area contributed by atoms with Crippen LogP contribution in [-0.4, -0.2) is 44.6 Å². The average Bonchev–Trinajstić information content (AvgIpc) is 3.09. The summed E-state index contributed by atoms with van der Waals surface area (Å²) in [4.78, 5) is 33.3. The smallest absolute Gasteiger partial charge is 0.414 e. The Kier molecular flexibility index (Phi) is 7.07. The zero-order chi connectivity index (χ0) is 19.6. The fourth-order valence-corrected chi connectivity index (χ4v) is 2.29. The van der Waals surface area contributed by atoms with Crippen LogP contribution >= 0.6 is 0 Å². The second-order valence-corrected chi connectivity index (χ2v) is 5.43. The summed E-state index contributed by atoms with van der Waals surface area (Å²) < 4.78 is 7.79. The van der Waals surface area contributed by atoms with Crippen LogP contribution in [0.3, 0.4) is 0 Å². The van der Waals surface area contributed by atoms with Gasteiger partial charge in [-0.25, -0.2) is 14.6 Å². The fraction of sp³-hybridized carbons (Fsp3) is 0.158. The number of rotatable bonds is 6. The molecule has 1 heterocycles. The summed E-state index contributed by atoms with van der Waals surface area (Å²) in [7, 11) is 0. The van der Waals surface area contributed by atoms with E-state index in [0.717, 1.165) is 36.0 Å². The molecule has 0 aliphatic rings. The van der Waals surface area contributed by atoms with Crippen LogP contribution in [0.2, 0.25) is 0 Å². The highest BCUT2D eigenvalue weighted by Gasteiger charge is 2.04. The quantitative estimate of drug-likeness (QED) is 0.389. The van der Waals surface area contributed by atoms with E-state index >= 15 is 0 Å². The van der Waals surface area contributed by atoms with Crippen LogP contribution in [-0.2, 0) is 16.1 Å². The lowest BCUT2D eigenvalue weighted by Crippen LogP contribution is -2.09. The molecule has 3 rings (SSSR count). The molecule has 8 nitrogen and oxygen atoms in total. The molecule has 0 saturated carbocycles. The van der Waals surface area contributed by atoms with Gasteiger partial charge < -0.3 is 19.5 Å². The third-order valence-corrected chi connectivity index (χ3v) is 3.52. The third-order valence-electron chi connectivity index (χ3n) is 3.52. The highest BCUT2D eigenvalue weighted by molar-refractivity contribution is 6.27. The number of benzene rings is 2. The van der Waals surface area contributed by atoms with Crippen LogP contribution < -0.4 is 4.74 Å². The van der Waals surface area contributed by atoms with E-state index in [1.165, 1.54) is 0 Å². The Bertz CT molecular complexity index is 923. The third kappa shape index (κ3) is 5.96. The van der Waals surface area contributed by atoms with Gasteiger partial charge in [-0.3, -0.25) is 4.79 Å². The maximum absolute atomic E-state index is 10.7. The predicted molar refractivity (Wildman–Crippen MR) is 96.9 cm³/mol. The van der Waals surface area contributed by atoms with Gasteiger partial charge in [-0.15, -0.1) is 0 Å². The Morgan fingerprint density at radius 1 is 1.07 bits per heavy atom. The zero-order valence-electron chi connectivity index (χ0n) is 14.3. The molecule has 140 valence electrons. The average molecular weight is 370 g/mol. The maximum Gasteiger partial charge on any atom is 0.414 e. The molecule has 3 aromatic rings. The number of ether oxygens (including phenoxy) is 1. The number of hydrogen-bond acceptors (Lipinski definition) is 5. The predicted octanol–water partition coefficient (Wildman–Crippen LogP) is 2.47. The number of fused-ring (bicyclic) bond motifs is 1. The Labute approximate surface area is 154 Å². The molecule has 2 N–H and O–H groups in total. The molecule has 0 aliphatic carbocycles. The minimum absolute atomic E-state index is 0.606. The number of aldehydes is 1. The number of aromatic nitrogens is 2. The molecule has 0 radical (unpaired) electrons. The van der Waals surface area contributed by atoms with Gasteiger partial charge in [0.1, 0.15) is 12.0 Å². The minimum atomic E-state index is -1.82. The fourth-order valence-electron chi connectivity index (χ4n) is 2.29. The number of imidazole rings is 1. The van der Waals surface area contributed by atoms with Gasteiger partial charge in [0.2, 0.25) is 0 Å². The summed E-state index contributed by atoms with van der Waals surface area (Å²) in [6.45, 7) is 1.46. The normalized spacial score (nSPS) is 9.93. The minimum Gasteiger partial charge on any atom is -0.494 e. The molecule has 0 spiro atoms. The maximum atomic E-state index is 10.7. The van der Waals surface area contributed by atoms with Crippen molar-refractivity contribution in [2.24, 2.45) is 0 Å². The first kappa shape index (κ1) is 19.6. The number of carboxylic acids is 2. The van der Waals surface area contributed by atoms with Gasteiger partial charge in [-0.1, -0.05) is 24.3 Å². The summed E-state index contributed by atoms with van der Waals surface area (Å²) in [5, 5.41) is 14.8. The van der Waals surface area contributed by atoms with Gasteiger partial charge in [0.25, 0.3) is 0 Å². The monoisotopic (exact) mass is 370 g/mol. The van der Waals surface area contributed by atoms with Gasteiger partial charge in [0, 0.05) is 12.1 Å². The Morgan fingerprint density at radius 2 is 1.81 bits per heavy atom. The molecule has 0 atom stereocenters. The first-order valence-electron chi connectivity index (χ1n) is 8.05. The molecule has 0 amide bonds. The van der Waals surface area contributed by atoms with Crippen LogP contribution in [0.1, 0.15) is 16.8 Å². The van der Waals surface area contributed by atoms with E-state index in [1.54, 1.807) is 12.1 Å². The van der Waals surface area contributed by atoms with E-state index in [0.29, 0.717) is 12.2 Å². The van der Waals surface area contributed by atoms with Crippen molar-refractivity contribution in [1.29, 1.82) is 0 Å². The summed E-state index contributed by atoms with van der Waals surface area (Å²) in [5.41, 5.74) is 2.78. The highest BCUT2D eigenvalue weighted by Crippen LogP contribution is 2.14. The number of carboxylic acid groups (broad SMARTS) is 2. The second-order valence-electron chi connectivity index (χ2n) is 5.43. The second kappa shape index (κ2) is 9.71. The molecule has 0 bridgehead atoms. The summed E-state index contributed by atoms with van der Waals surface area (Å²) in [6.07, 6.45) is 3.56. The highest BCUT2D eigenvalue weighted by atomic mass is 16.5. The lowest BCUT2D eigenvalue weighted by molar-refractivity contribution is -0.159. The summed E-state index contributed by atoms with van der Waals surface area (Å²) in [5.74, 6) is -2.92. The van der Waals surface area contributed by atoms with Crippen molar-refractivity contribution in [1.82, 2.24) is 9.55 Å². The van der Waals surface area contributed by atoms with Crippen molar-refractivity contribution in [3.05, 3.63) is 60.4 Å². The Hall–Kier alpha value is -3.68. The molecule has 0 unspecified atom stereocenters. The van der Waals surface area contributed by atoms with Crippen LogP contribution in [0, 0.1) is 0 Å². The SMILES string of the molecule is O=C(O)C(=O)O.O=Cc1cccc(OCCCn2cnc3ccccc32)c1. The number of aliphatic carboxylic acids is 2. The van der Waals surface area contributed by atoms with Crippen LogP contribution in [0.25, 0.3) is 11.0 Å². The first-order chi connectivity index (χ1) is 13.0. The first-order valence-corrected chi connectivity index (χ1v) is 8.05. The summed E-state index contributed by atoms with van der Waals surface area (Å²) >= 11 is 0. The molecule has 0 fully saturated rings. The van der Waals surface area contributed by atoms with E-state index in [4.69, 9.17) is 24.5 Å². The molecular weight excluding hydrogens is 352 g/mol. The molecule has 27 heavy (non-hydrogen) atoms. The lowest BCUT2D eigenvalue weighted by Gasteiger charge is -2.07. The van der Waals surface area contributed by atoms with Crippen LogP contribution in [0.15, 0.2) is 54.9 Å². The van der Waals surface area contributed by atoms with E-state index in [-0.39, 0.29) is 0 Å². The molecule has 0 aliphatic heterocycles. The summed E-state index contributed by atoms with van der Waals surface area (Å²) in [6, 6.07) is 15.3. The zero-order valence-corrected chi connectivity index (χ0v) is 14.3. The van der Waals surface area contributed by atoms with Crippen molar-refractivity contribution < 1.29 is 29.3 Å². The number of carbonyl (C=O) groups is 3. The van der Waals surface area contributed by atoms with Crippen molar-refractivity contribution >= 4 is 29.3 Å². The van der Waals surface area contributed by atoms with Gasteiger partial charge in [-0.05, 0) is 30.7 Å². The largest absolute Gasteiger partial charge is 0.494 e. The number of nitrogens with zero attached hydrogens (tertiary/aromatic N) is 2. The van der Waals surface area contributed by atoms with Crippen molar-refractivity contribution in [2.75, 3.05) is 6.61 Å². The standard InChI is InChI=1S/C17H16N2O2.C2H2O4/c20-12-14-5-3-6-15(11-14)21-10-4-9-19-13-18-16-7-1-2-8-17(16)19;3-1(4)2(5)6/h1-3,5-8,11-13H,4,9-10H2;(H,3,4)(H,5,6). The van der Waals surface area contributed by atoms with Gasteiger partial charge in [0.05, 0.1) is 24.0 Å². The van der Waals surface area contributed by atoms with E-state index < -0.39 is 11.9 Å². The molecular formula is C19H18N2O6. The topological polar surface area (TPSA) is 119 Å². The van der Waals surface area contributed by atoms with E-state index in [9.17, 15) is 4.79 Å². The van der Waals surface area contributed by atoms with Crippen molar-refractivity contribution in [3.8, 4) is 5.75 Å². The number of para-hydroxylation sites is 2. The molecule has 1 aromatic heterocycles. The molecule has 2 aromatic carbocycles. The van der Waals surface area contributed by atoms with Crippen LogP contribution in [0.4, 0.5) is 0 Å². The van der Waals surface area contributed by atoms with Crippen molar-refractivity contribution in [3.63, 3.8) is 0 Å². The molecule has 0 saturated heterocycles. The number of aryl methyl sites for hydroxylation is 1. The number of hydrogen-bond donors (Lipinski definition) is 2. The molecule has 8 heteroatoms. The number of carbonyl (C=O) groups excluding carboxylic acids is 1. The Balaban J connectivity index is 0.000000380. The van der Waals surface area contributed by atoms with Gasteiger partial charge in [-0.2, -0.15) is 0 Å². The van der Waals surface area contributed by atoms with Gasteiger partial charge >= 0.3 is 11.9 Å². The van der Waals surface area contributed by atoms with Crippen molar-refractivity contribution in [2.45, 2.75) is 13.0 Å². The lowest BCUT2D eigenvalue weighted by atomic mass is 10.2.